The molecule has 1 aromatic carbocycles. The first-order chi connectivity index (χ1) is 8.61. The van der Waals surface area contributed by atoms with E-state index in [0.29, 0.717) is 16.5 Å². The van der Waals surface area contributed by atoms with Crippen molar-refractivity contribution in [2.75, 3.05) is 0 Å². The van der Waals surface area contributed by atoms with Crippen LogP contribution in [0.1, 0.15) is 17.2 Å². The van der Waals surface area contributed by atoms with Gasteiger partial charge in [-0.1, -0.05) is 29.3 Å². The van der Waals surface area contributed by atoms with Crippen LogP contribution in [-0.2, 0) is 6.42 Å². The SMILES string of the molecule is NNC(Cc1c(Cl)cccc1Cl)c1csc(Br)c1. The molecule has 1 atom stereocenters. The van der Waals surface area contributed by atoms with Crippen LogP contribution >= 0.6 is 50.5 Å². The molecule has 2 rings (SSSR count). The number of halogens is 3. The Morgan fingerprint density at radius 3 is 2.50 bits per heavy atom. The molecule has 2 aromatic rings. The maximum Gasteiger partial charge on any atom is 0.0701 e. The van der Waals surface area contributed by atoms with Gasteiger partial charge in [-0.15, -0.1) is 11.3 Å². The molecule has 0 aliphatic rings. The Balaban J connectivity index is 2.26. The second kappa shape index (κ2) is 6.37. The predicted octanol–water partition coefficient (Wildman–Crippen LogP) is 4.56. The van der Waals surface area contributed by atoms with Gasteiger partial charge in [0.25, 0.3) is 0 Å². The summed E-state index contributed by atoms with van der Waals surface area (Å²) in [4.78, 5) is 0. The standard InChI is InChI=1S/C12H11BrCl2N2S/c13-12-4-7(6-18-12)11(17-16)5-8-9(14)2-1-3-10(8)15/h1-4,6,11,17H,5,16H2. The van der Waals surface area contributed by atoms with Gasteiger partial charge in [0.2, 0.25) is 0 Å². The highest BCUT2D eigenvalue weighted by Crippen LogP contribution is 2.31. The van der Waals surface area contributed by atoms with Crippen molar-refractivity contribution in [1.29, 1.82) is 0 Å². The summed E-state index contributed by atoms with van der Waals surface area (Å²) in [6.45, 7) is 0. The highest BCUT2D eigenvalue weighted by atomic mass is 79.9. The molecule has 6 heteroatoms. The molecule has 0 bridgehead atoms. The Bertz CT molecular complexity index is 524. The van der Waals surface area contributed by atoms with Gasteiger partial charge in [0, 0.05) is 10.0 Å². The Kier molecular flexibility index (Phi) is 5.06. The number of benzene rings is 1. The lowest BCUT2D eigenvalue weighted by Crippen LogP contribution is -2.29. The summed E-state index contributed by atoms with van der Waals surface area (Å²) >= 11 is 17.4. The molecule has 18 heavy (non-hydrogen) atoms. The van der Waals surface area contributed by atoms with E-state index in [1.807, 2.05) is 24.3 Å². The lowest BCUT2D eigenvalue weighted by molar-refractivity contribution is 0.553. The zero-order valence-corrected chi connectivity index (χ0v) is 13.2. The molecule has 96 valence electrons. The molecule has 0 saturated heterocycles. The lowest BCUT2D eigenvalue weighted by Gasteiger charge is -2.16. The van der Waals surface area contributed by atoms with Crippen LogP contribution in [0.3, 0.4) is 0 Å². The second-order valence-corrected chi connectivity index (χ2v) is 6.91. The molecular formula is C12H11BrCl2N2S. The average Bonchev–Trinajstić information content (AvgIpc) is 2.76. The number of nitrogens with two attached hydrogens (primary N) is 1. The summed E-state index contributed by atoms with van der Waals surface area (Å²) in [6.07, 6.45) is 0.651. The normalized spacial score (nSPS) is 12.7. The highest BCUT2D eigenvalue weighted by Gasteiger charge is 2.16. The largest absolute Gasteiger partial charge is 0.271 e. The molecule has 1 heterocycles. The van der Waals surface area contributed by atoms with Gasteiger partial charge < -0.3 is 0 Å². The maximum absolute atomic E-state index is 6.16. The second-order valence-electron chi connectivity index (χ2n) is 3.81. The van der Waals surface area contributed by atoms with Gasteiger partial charge >= 0.3 is 0 Å². The molecule has 0 aliphatic heterocycles. The van der Waals surface area contributed by atoms with Crippen molar-refractivity contribution < 1.29 is 0 Å². The average molecular weight is 366 g/mol. The van der Waals surface area contributed by atoms with Crippen molar-refractivity contribution in [3.8, 4) is 0 Å². The molecule has 0 amide bonds. The Morgan fingerprint density at radius 2 is 2.00 bits per heavy atom. The van der Waals surface area contributed by atoms with Crippen molar-refractivity contribution in [1.82, 2.24) is 5.43 Å². The van der Waals surface area contributed by atoms with Gasteiger partial charge in [-0.25, -0.2) is 0 Å². The minimum Gasteiger partial charge on any atom is -0.271 e. The molecule has 2 nitrogen and oxygen atoms in total. The van der Waals surface area contributed by atoms with E-state index in [1.54, 1.807) is 11.3 Å². The quantitative estimate of drug-likeness (QED) is 0.615. The Morgan fingerprint density at radius 1 is 1.33 bits per heavy atom. The number of hydrazine groups is 1. The number of hydrogen-bond donors (Lipinski definition) is 2. The van der Waals surface area contributed by atoms with E-state index >= 15 is 0 Å². The molecule has 1 aromatic heterocycles. The molecule has 0 fully saturated rings. The Labute approximate surface area is 128 Å². The number of nitrogens with one attached hydrogen (secondary N) is 1. The minimum absolute atomic E-state index is 0.00931. The van der Waals surface area contributed by atoms with Crippen LogP contribution in [0.5, 0.6) is 0 Å². The maximum atomic E-state index is 6.16. The highest BCUT2D eigenvalue weighted by molar-refractivity contribution is 9.11. The molecule has 0 spiro atoms. The van der Waals surface area contributed by atoms with Crippen LogP contribution in [0.15, 0.2) is 33.4 Å². The van der Waals surface area contributed by atoms with Gasteiger partial charge in [-0.05, 0) is 57.1 Å². The summed E-state index contributed by atoms with van der Waals surface area (Å²) in [5.74, 6) is 5.62. The minimum atomic E-state index is -0.00931. The van der Waals surface area contributed by atoms with E-state index in [4.69, 9.17) is 29.0 Å². The van der Waals surface area contributed by atoms with Crippen molar-refractivity contribution in [3.05, 3.63) is 54.6 Å². The third-order valence-corrected chi connectivity index (χ3v) is 4.89. The fraction of sp³-hybridized carbons (Fsp3) is 0.167. The first-order valence-corrected chi connectivity index (χ1v) is 7.67. The fourth-order valence-electron chi connectivity index (χ4n) is 1.71. The van der Waals surface area contributed by atoms with Crippen LogP contribution < -0.4 is 11.3 Å². The first-order valence-electron chi connectivity index (χ1n) is 5.24. The van der Waals surface area contributed by atoms with E-state index in [-0.39, 0.29) is 6.04 Å². The van der Waals surface area contributed by atoms with Gasteiger partial charge in [-0.2, -0.15) is 0 Å². The van der Waals surface area contributed by atoms with Crippen molar-refractivity contribution in [2.24, 2.45) is 5.84 Å². The van der Waals surface area contributed by atoms with Crippen LogP contribution in [0.4, 0.5) is 0 Å². The van der Waals surface area contributed by atoms with E-state index in [9.17, 15) is 0 Å². The Hall–Kier alpha value is -0.100. The number of hydrogen-bond acceptors (Lipinski definition) is 3. The zero-order chi connectivity index (χ0) is 13.1. The summed E-state index contributed by atoms with van der Waals surface area (Å²) in [7, 11) is 0. The monoisotopic (exact) mass is 364 g/mol. The van der Waals surface area contributed by atoms with E-state index in [2.05, 4.69) is 26.7 Å². The fourth-order valence-corrected chi connectivity index (χ4v) is 3.49. The number of thiophene rings is 1. The third-order valence-electron chi connectivity index (χ3n) is 2.66. The summed E-state index contributed by atoms with van der Waals surface area (Å²) in [6, 6.07) is 7.53. The van der Waals surface area contributed by atoms with Gasteiger partial charge in [-0.3, -0.25) is 11.3 Å². The molecule has 0 aliphatic carbocycles. The lowest BCUT2D eigenvalue weighted by atomic mass is 10.0. The van der Waals surface area contributed by atoms with E-state index in [0.717, 1.165) is 14.9 Å². The van der Waals surface area contributed by atoms with Gasteiger partial charge in [0.05, 0.1) is 9.83 Å². The van der Waals surface area contributed by atoms with Crippen molar-refractivity contribution >= 4 is 50.5 Å². The van der Waals surface area contributed by atoms with E-state index in [1.165, 1.54) is 0 Å². The van der Waals surface area contributed by atoms with Crippen LogP contribution in [0.2, 0.25) is 10.0 Å². The van der Waals surface area contributed by atoms with Gasteiger partial charge in [0.15, 0.2) is 0 Å². The third kappa shape index (κ3) is 3.26. The molecule has 0 radical (unpaired) electrons. The predicted molar refractivity (Wildman–Crippen MR) is 82.2 cm³/mol. The van der Waals surface area contributed by atoms with Crippen LogP contribution in [0, 0.1) is 0 Å². The van der Waals surface area contributed by atoms with Crippen LogP contribution in [-0.4, -0.2) is 0 Å². The van der Waals surface area contributed by atoms with Crippen LogP contribution in [0.25, 0.3) is 0 Å². The summed E-state index contributed by atoms with van der Waals surface area (Å²) < 4.78 is 1.07. The number of rotatable bonds is 4. The molecule has 3 N–H and O–H groups in total. The summed E-state index contributed by atoms with van der Waals surface area (Å²) in [5, 5.41) is 3.38. The first kappa shape index (κ1) is 14.3. The van der Waals surface area contributed by atoms with Crippen molar-refractivity contribution in [3.63, 3.8) is 0 Å². The smallest absolute Gasteiger partial charge is 0.0701 e. The molecule has 0 saturated carbocycles. The molecule has 1 unspecified atom stereocenters. The zero-order valence-electron chi connectivity index (χ0n) is 9.29. The van der Waals surface area contributed by atoms with Crippen molar-refractivity contribution in [2.45, 2.75) is 12.5 Å². The summed E-state index contributed by atoms with van der Waals surface area (Å²) in [5.41, 5.74) is 4.83. The molecular weight excluding hydrogens is 355 g/mol. The van der Waals surface area contributed by atoms with Gasteiger partial charge in [0.1, 0.15) is 0 Å². The van der Waals surface area contributed by atoms with E-state index < -0.39 is 0 Å². The topological polar surface area (TPSA) is 38.0 Å².